The summed E-state index contributed by atoms with van der Waals surface area (Å²) in [5.74, 6) is -0.598. The van der Waals surface area contributed by atoms with E-state index in [0.29, 0.717) is 6.42 Å². The lowest BCUT2D eigenvalue weighted by atomic mass is 9.90. The van der Waals surface area contributed by atoms with Crippen LogP contribution >= 0.6 is 0 Å². The van der Waals surface area contributed by atoms with Gasteiger partial charge in [0.15, 0.2) is 0 Å². The van der Waals surface area contributed by atoms with Gasteiger partial charge in [-0.05, 0) is 34.1 Å². The van der Waals surface area contributed by atoms with Crippen molar-refractivity contribution in [2.75, 3.05) is 6.61 Å². The van der Waals surface area contributed by atoms with Crippen LogP contribution in [-0.4, -0.2) is 32.0 Å². The van der Waals surface area contributed by atoms with Gasteiger partial charge in [0.1, 0.15) is 6.61 Å². The van der Waals surface area contributed by atoms with E-state index in [9.17, 15) is 26.4 Å². The second kappa shape index (κ2) is 5.88. The van der Waals surface area contributed by atoms with E-state index in [-0.39, 0.29) is 0 Å². The molecule has 0 spiro atoms. The normalized spacial score (nSPS) is 14.2. The lowest BCUT2D eigenvalue weighted by molar-refractivity contribution is -0.155. The van der Waals surface area contributed by atoms with Crippen molar-refractivity contribution in [2.24, 2.45) is 5.41 Å². The topological polar surface area (TPSA) is 72.5 Å². The lowest BCUT2D eigenvalue weighted by Gasteiger charge is -2.28. The SMILES string of the molecule is CCC(C)(C)C(=O)OCC(C)(C)NS(=O)(=O)C(F)(F)F. The van der Waals surface area contributed by atoms with Gasteiger partial charge in [-0.25, -0.2) is 8.42 Å². The minimum atomic E-state index is -5.49. The van der Waals surface area contributed by atoms with Gasteiger partial charge in [0.25, 0.3) is 0 Å². The lowest BCUT2D eigenvalue weighted by Crippen LogP contribution is -2.51. The number of halogens is 3. The summed E-state index contributed by atoms with van der Waals surface area (Å²) in [4.78, 5) is 11.7. The number of sulfonamides is 1. The quantitative estimate of drug-likeness (QED) is 0.762. The molecule has 9 heteroatoms. The van der Waals surface area contributed by atoms with Crippen LogP contribution in [0.15, 0.2) is 0 Å². The summed E-state index contributed by atoms with van der Waals surface area (Å²) in [6, 6.07) is 0. The fourth-order valence-electron chi connectivity index (χ4n) is 1.04. The number of hydrogen-bond acceptors (Lipinski definition) is 4. The molecule has 0 saturated carbocycles. The number of carbonyl (C=O) groups excluding carboxylic acids is 1. The molecule has 0 atom stereocenters. The van der Waals surface area contributed by atoms with Crippen molar-refractivity contribution in [3.8, 4) is 0 Å². The van der Waals surface area contributed by atoms with Crippen molar-refractivity contribution in [1.82, 2.24) is 4.72 Å². The molecule has 0 amide bonds. The summed E-state index contributed by atoms with van der Waals surface area (Å²) in [6.45, 7) is 6.92. The first-order chi connectivity index (χ1) is 8.65. The van der Waals surface area contributed by atoms with E-state index >= 15 is 0 Å². The van der Waals surface area contributed by atoms with Crippen molar-refractivity contribution < 1.29 is 31.1 Å². The number of nitrogens with one attached hydrogen (secondary N) is 1. The van der Waals surface area contributed by atoms with Crippen LogP contribution in [0, 0.1) is 5.41 Å². The van der Waals surface area contributed by atoms with Gasteiger partial charge in [-0.1, -0.05) is 6.92 Å². The maximum Gasteiger partial charge on any atom is 0.511 e. The maximum absolute atomic E-state index is 12.2. The number of esters is 1. The average molecular weight is 319 g/mol. The predicted molar refractivity (Wildman–Crippen MR) is 67.2 cm³/mol. The maximum atomic E-state index is 12.2. The first kappa shape index (κ1) is 19.2. The molecule has 0 radical (unpaired) electrons. The zero-order valence-corrected chi connectivity index (χ0v) is 12.9. The predicted octanol–water partition coefficient (Wildman–Crippen LogP) is 2.18. The standard InChI is InChI=1S/C11H20F3NO4S/c1-6-9(2,3)8(16)19-7-10(4,5)15-20(17,18)11(12,13)14/h15H,6-7H2,1-5H3. The molecule has 0 rings (SSSR count). The van der Waals surface area contributed by atoms with Gasteiger partial charge in [-0.2, -0.15) is 17.9 Å². The summed E-state index contributed by atoms with van der Waals surface area (Å²) < 4.78 is 65.1. The van der Waals surface area contributed by atoms with E-state index in [1.54, 1.807) is 20.8 Å². The van der Waals surface area contributed by atoms with Gasteiger partial charge < -0.3 is 4.74 Å². The Morgan fingerprint density at radius 2 is 1.60 bits per heavy atom. The zero-order chi connectivity index (χ0) is 16.4. The largest absolute Gasteiger partial charge is 0.511 e. The van der Waals surface area contributed by atoms with E-state index < -0.39 is 39.1 Å². The van der Waals surface area contributed by atoms with E-state index in [4.69, 9.17) is 4.74 Å². The minimum Gasteiger partial charge on any atom is -0.463 e. The third kappa shape index (κ3) is 5.28. The highest BCUT2D eigenvalue weighted by atomic mass is 32.2. The van der Waals surface area contributed by atoms with Crippen LogP contribution in [0.5, 0.6) is 0 Å². The van der Waals surface area contributed by atoms with Crippen LogP contribution in [0.4, 0.5) is 13.2 Å². The summed E-state index contributed by atoms with van der Waals surface area (Å²) in [7, 11) is -5.49. The van der Waals surface area contributed by atoms with Crippen molar-refractivity contribution in [3.63, 3.8) is 0 Å². The third-order valence-electron chi connectivity index (χ3n) is 2.72. The first-order valence-corrected chi connectivity index (χ1v) is 7.40. The van der Waals surface area contributed by atoms with Crippen LogP contribution in [0.1, 0.15) is 41.0 Å². The molecule has 0 aliphatic rings. The Morgan fingerprint density at radius 1 is 1.15 bits per heavy atom. The monoisotopic (exact) mass is 319 g/mol. The second-order valence-electron chi connectivity index (χ2n) is 5.75. The van der Waals surface area contributed by atoms with Crippen LogP contribution in [0.2, 0.25) is 0 Å². The van der Waals surface area contributed by atoms with Gasteiger partial charge in [0.05, 0.1) is 11.0 Å². The van der Waals surface area contributed by atoms with Crippen molar-refractivity contribution in [1.29, 1.82) is 0 Å². The van der Waals surface area contributed by atoms with Crippen molar-refractivity contribution >= 4 is 16.0 Å². The smallest absolute Gasteiger partial charge is 0.463 e. The molecular formula is C11H20F3NO4S. The summed E-state index contributed by atoms with van der Waals surface area (Å²) in [6.07, 6.45) is 0.487. The number of carbonyl (C=O) groups is 1. The Hall–Kier alpha value is -0.830. The Bertz CT molecular complexity index is 455. The highest BCUT2D eigenvalue weighted by molar-refractivity contribution is 7.90. The van der Waals surface area contributed by atoms with E-state index in [1.165, 1.54) is 18.6 Å². The molecule has 0 bridgehead atoms. The zero-order valence-electron chi connectivity index (χ0n) is 12.1. The summed E-state index contributed by atoms with van der Waals surface area (Å²) in [5, 5.41) is 0. The molecule has 0 saturated heterocycles. The Kier molecular flexibility index (Phi) is 5.64. The third-order valence-corrected chi connectivity index (χ3v) is 4.15. The first-order valence-electron chi connectivity index (χ1n) is 5.92. The Morgan fingerprint density at radius 3 is 1.95 bits per heavy atom. The van der Waals surface area contributed by atoms with E-state index in [1.807, 2.05) is 0 Å². The molecule has 0 heterocycles. The van der Waals surface area contributed by atoms with Gasteiger partial charge in [0, 0.05) is 0 Å². The van der Waals surface area contributed by atoms with Crippen molar-refractivity contribution in [3.05, 3.63) is 0 Å². The van der Waals surface area contributed by atoms with E-state index in [2.05, 4.69) is 0 Å². The fraction of sp³-hybridized carbons (Fsp3) is 0.909. The Balaban J connectivity index is 4.76. The number of ether oxygens (including phenoxy) is 1. The highest BCUT2D eigenvalue weighted by Crippen LogP contribution is 2.25. The number of alkyl halides is 3. The molecule has 120 valence electrons. The van der Waals surface area contributed by atoms with Gasteiger partial charge in [0.2, 0.25) is 0 Å². The van der Waals surface area contributed by atoms with Crippen LogP contribution in [0.3, 0.4) is 0 Å². The summed E-state index contributed by atoms with van der Waals surface area (Å²) in [5.41, 5.74) is -7.75. The van der Waals surface area contributed by atoms with Gasteiger partial charge in [-0.15, -0.1) is 0 Å². The summed E-state index contributed by atoms with van der Waals surface area (Å²) >= 11 is 0. The molecule has 0 unspecified atom stereocenters. The molecule has 0 aromatic heterocycles. The van der Waals surface area contributed by atoms with Crippen molar-refractivity contribution in [2.45, 2.75) is 52.1 Å². The Labute approximate surface area is 116 Å². The number of rotatable bonds is 6. The molecule has 5 nitrogen and oxygen atoms in total. The van der Waals surface area contributed by atoms with Crippen LogP contribution in [-0.2, 0) is 19.6 Å². The molecule has 0 aromatic carbocycles. The van der Waals surface area contributed by atoms with Crippen LogP contribution < -0.4 is 4.72 Å². The fourth-order valence-corrected chi connectivity index (χ4v) is 1.94. The molecule has 1 N–H and O–H groups in total. The van der Waals surface area contributed by atoms with Crippen LogP contribution in [0.25, 0.3) is 0 Å². The van der Waals surface area contributed by atoms with E-state index in [0.717, 1.165) is 0 Å². The minimum absolute atomic E-state index is 0.487. The number of hydrogen-bond donors (Lipinski definition) is 1. The molecular weight excluding hydrogens is 299 g/mol. The molecule has 0 aliphatic carbocycles. The average Bonchev–Trinajstić information content (AvgIpc) is 2.22. The molecule has 0 fully saturated rings. The highest BCUT2D eigenvalue weighted by Gasteiger charge is 2.48. The molecule has 0 aromatic rings. The molecule has 20 heavy (non-hydrogen) atoms. The molecule has 0 aliphatic heterocycles. The second-order valence-corrected chi connectivity index (χ2v) is 7.42. The van der Waals surface area contributed by atoms with Gasteiger partial charge >= 0.3 is 21.5 Å². The van der Waals surface area contributed by atoms with Gasteiger partial charge in [-0.3, -0.25) is 4.79 Å².